The first-order valence-electron chi connectivity index (χ1n) is 6.78. The fraction of sp³-hybridized carbons (Fsp3) is 0.533. The molecule has 2 aliphatic rings. The van der Waals surface area contributed by atoms with Gasteiger partial charge in [0.15, 0.2) is 0 Å². The predicted molar refractivity (Wildman–Crippen MR) is 72.8 cm³/mol. The van der Waals surface area contributed by atoms with Crippen LogP contribution < -0.4 is 5.32 Å². The van der Waals surface area contributed by atoms with Crippen molar-refractivity contribution in [2.45, 2.75) is 25.7 Å². The SMILES string of the molecule is O=C(Cc1cc(Cl)ccc1F)C1CC12CCNCC2. The Bertz CT molecular complexity index is 511. The third-order valence-corrected chi connectivity index (χ3v) is 4.79. The minimum Gasteiger partial charge on any atom is -0.317 e. The molecule has 1 aromatic carbocycles. The van der Waals surface area contributed by atoms with E-state index < -0.39 is 0 Å². The summed E-state index contributed by atoms with van der Waals surface area (Å²) < 4.78 is 13.6. The maximum Gasteiger partial charge on any atom is 0.141 e. The molecule has 1 unspecified atom stereocenters. The van der Waals surface area contributed by atoms with Crippen molar-refractivity contribution in [3.63, 3.8) is 0 Å². The molecule has 1 atom stereocenters. The first-order chi connectivity index (χ1) is 9.11. The lowest BCUT2D eigenvalue weighted by atomic mass is 9.89. The molecule has 1 aliphatic carbocycles. The lowest BCUT2D eigenvalue weighted by molar-refractivity contribution is -0.120. The van der Waals surface area contributed by atoms with Gasteiger partial charge < -0.3 is 5.32 Å². The van der Waals surface area contributed by atoms with E-state index in [4.69, 9.17) is 11.6 Å². The van der Waals surface area contributed by atoms with E-state index in [1.54, 1.807) is 6.07 Å². The summed E-state index contributed by atoms with van der Waals surface area (Å²) >= 11 is 5.85. The van der Waals surface area contributed by atoms with Gasteiger partial charge in [-0.2, -0.15) is 0 Å². The number of benzene rings is 1. The van der Waals surface area contributed by atoms with Gasteiger partial charge in [-0.25, -0.2) is 4.39 Å². The number of rotatable bonds is 3. The molecule has 0 aromatic heterocycles. The van der Waals surface area contributed by atoms with Gasteiger partial charge in [-0.05, 0) is 61.5 Å². The maximum atomic E-state index is 13.6. The highest BCUT2D eigenvalue weighted by molar-refractivity contribution is 6.30. The topological polar surface area (TPSA) is 29.1 Å². The van der Waals surface area contributed by atoms with Gasteiger partial charge >= 0.3 is 0 Å². The molecule has 1 N–H and O–H groups in total. The number of carbonyl (C=O) groups is 1. The Morgan fingerprint density at radius 2 is 2.16 bits per heavy atom. The first-order valence-corrected chi connectivity index (χ1v) is 7.16. The fourth-order valence-corrected chi connectivity index (χ4v) is 3.46. The van der Waals surface area contributed by atoms with E-state index in [1.165, 1.54) is 12.1 Å². The summed E-state index contributed by atoms with van der Waals surface area (Å²) in [5.74, 6) is -0.0335. The Kier molecular flexibility index (Phi) is 3.35. The number of ketones is 1. The average molecular weight is 282 g/mol. The summed E-state index contributed by atoms with van der Waals surface area (Å²) in [6, 6.07) is 4.40. The van der Waals surface area contributed by atoms with Crippen molar-refractivity contribution in [3.8, 4) is 0 Å². The minimum atomic E-state index is -0.335. The van der Waals surface area contributed by atoms with Crippen molar-refractivity contribution >= 4 is 17.4 Å². The van der Waals surface area contributed by atoms with Gasteiger partial charge in [0.25, 0.3) is 0 Å². The highest BCUT2D eigenvalue weighted by atomic mass is 35.5. The van der Waals surface area contributed by atoms with Gasteiger partial charge in [0.1, 0.15) is 11.6 Å². The zero-order valence-electron chi connectivity index (χ0n) is 10.7. The van der Waals surface area contributed by atoms with Crippen LogP contribution >= 0.6 is 11.6 Å². The number of halogens is 2. The molecule has 1 aliphatic heterocycles. The van der Waals surface area contributed by atoms with Crippen LogP contribution in [0.4, 0.5) is 4.39 Å². The minimum absolute atomic E-state index is 0.132. The Balaban J connectivity index is 1.68. The lowest BCUT2D eigenvalue weighted by Gasteiger charge is -2.23. The quantitative estimate of drug-likeness (QED) is 0.923. The standard InChI is InChI=1S/C15H17ClFNO/c16-11-1-2-13(17)10(7-11)8-14(19)12-9-15(12)3-5-18-6-4-15/h1-2,7,12,18H,3-6,8-9H2. The summed E-state index contributed by atoms with van der Waals surface area (Å²) in [7, 11) is 0. The molecule has 1 spiro atoms. The average Bonchev–Trinajstić information content (AvgIpc) is 3.08. The fourth-order valence-electron chi connectivity index (χ4n) is 3.27. The van der Waals surface area contributed by atoms with Crippen LogP contribution in [0.3, 0.4) is 0 Å². The van der Waals surface area contributed by atoms with E-state index in [0.29, 0.717) is 10.6 Å². The number of hydrogen-bond acceptors (Lipinski definition) is 2. The Morgan fingerprint density at radius 3 is 2.89 bits per heavy atom. The molecule has 0 amide bonds. The molecule has 4 heteroatoms. The molecule has 1 saturated heterocycles. The Hall–Kier alpha value is -0.930. The van der Waals surface area contributed by atoms with Crippen LogP contribution in [0.1, 0.15) is 24.8 Å². The molecular formula is C15H17ClFNO. The lowest BCUT2D eigenvalue weighted by Crippen LogP contribution is -2.31. The number of nitrogens with one attached hydrogen (secondary N) is 1. The van der Waals surface area contributed by atoms with Crippen LogP contribution in [0.2, 0.25) is 5.02 Å². The molecule has 0 radical (unpaired) electrons. The second-order valence-corrected chi connectivity index (χ2v) is 6.18. The Labute approximate surface area is 117 Å². The van der Waals surface area contributed by atoms with Crippen LogP contribution in [0.15, 0.2) is 18.2 Å². The summed E-state index contributed by atoms with van der Waals surface area (Å²) in [5.41, 5.74) is 0.644. The molecule has 1 aromatic rings. The van der Waals surface area contributed by atoms with Crippen molar-refractivity contribution in [2.24, 2.45) is 11.3 Å². The largest absolute Gasteiger partial charge is 0.317 e. The summed E-state index contributed by atoms with van der Waals surface area (Å²) in [6.45, 7) is 1.99. The smallest absolute Gasteiger partial charge is 0.141 e. The molecule has 0 bridgehead atoms. The van der Waals surface area contributed by atoms with Crippen LogP contribution in [0, 0.1) is 17.2 Å². The van der Waals surface area contributed by atoms with E-state index in [2.05, 4.69) is 5.32 Å². The molecule has 3 rings (SSSR count). The van der Waals surface area contributed by atoms with Gasteiger partial charge in [-0.3, -0.25) is 4.79 Å². The number of hydrogen-bond donors (Lipinski definition) is 1. The highest BCUT2D eigenvalue weighted by Gasteiger charge is 2.56. The van der Waals surface area contributed by atoms with Gasteiger partial charge in [0, 0.05) is 17.4 Å². The van der Waals surface area contributed by atoms with E-state index in [1.807, 2.05) is 0 Å². The molecular weight excluding hydrogens is 265 g/mol. The third-order valence-electron chi connectivity index (χ3n) is 4.55. The van der Waals surface area contributed by atoms with Crippen LogP contribution in [0.25, 0.3) is 0 Å². The van der Waals surface area contributed by atoms with E-state index >= 15 is 0 Å². The number of Topliss-reactive ketones (excluding diaryl/α,β-unsaturated/α-hetero) is 1. The summed E-state index contributed by atoms with van der Waals surface area (Å²) in [4.78, 5) is 12.3. The van der Waals surface area contributed by atoms with Crippen LogP contribution in [-0.2, 0) is 11.2 Å². The van der Waals surface area contributed by atoms with Gasteiger partial charge in [0.2, 0.25) is 0 Å². The molecule has 2 nitrogen and oxygen atoms in total. The number of piperidine rings is 1. The summed E-state index contributed by atoms with van der Waals surface area (Å²) in [5, 5.41) is 3.80. The van der Waals surface area contributed by atoms with Crippen molar-refractivity contribution in [3.05, 3.63) is 34.6 Å². The van der Waals surface area contributed by atoms with Gasteiger partial charge in [-0.15, -0.1) is 0 Å². The van der Waals surface area contributed by atoms with Gasteiger partial charge in [-0.1, -0.05) is 11.6 Å². The zero-order valence-corrected chi connectivity index (χ0v) is 11.5. The summed E-state index contributed by atoms with van der Waals surface area (Å²) in [6.07, 6.45) is 3.30. The molecule has 1 heterocycles. The second kappa shape index (κ2) is 4.88. The first kappa shape index (κ1) is 13.1. The van der Waals surface area contributed by atoms with Crippen LogP contribution in [-0.4, -0.2) is 18.9 Å². The highest BCUT2D eigenvalue weighted by Crippen LogP contribution is 2.59. The van der Waals surface area contributed by atoms with Crippen molar-refractivity contribution in [2.75, 3.05) is 13.1 Å². The normalized spacial score (nSPS) is 24.4. The monoisotopic (exact) mass is 281 g/mol. The van der Waals surface area contributed by atoms with E-state index in [9.17, 15) is 9.18 Å². The third kappa shape index (κ3) is 2.54. The van der Waals surface area contributed by atoms with E-state index in [0.717, 1.165) is 32.4 Å². The molecule has 102 valence electrons. The molecule has 19 heavy (non-hydrogen) atoms. The van der Waals surface area contributed by atoms with Crippen molar-refractivity contribution < 1.29 is 9.18 Å². The Morgan fingerprint density at radius 1 is 1.42 bits per heavy atom. The predicted octanol–water partition coefficient (Wildman–Crippen LogP) is 2.98. The van der Waals surface area contributed by atoms with Crippen LogP contribution in [0.5, 0.6) is 0 Å². The second-order valence-electron chi connectivity index (χ2n) is 5.75. The van der Waals surface area contributed by atoms with Crippen molar-refractivity contribution in [1.82, 2.24) is 5.32 Å². The zero-order chi connectivity index (χ0) is 13.5. The number of carbonyl (C=O) groups excluding carboxylic acids is 1. The van der Waals surface area contributed by atoms with E-state index in [-0.39, 0.29) is 29.4 Å². The molecule has 1 saturated carbocycles. The molecule has 2 fully saturated rings. The van der Waals surface area contributed by atoms with Crippen molar-refractivity contribution in [1.29, 1.82) is 0 Å². The van der Waals surface area contributed by atoms with Gasteiger partial charge in [0.05, 0.1) is 0 Å². The maximum absolute atomic E-state index is 13.6.